The van der Waals surface area contributed by atoms with E-state index in [9.17, 15) is 14.4 Å². The molecule has 4 aromatic rings. The number of unbranched alkanes of at least 4 members (excludes halogenated alkanes) is 1. The summed E-state index contributed by atoms with van der Waals surface area (Å²) < 4.78 is 11.4. The van der Waals surface area contributed by atoms with Crippen LogP contribution in [0.1, 0.15) is 68.1 Å². The molecule has 60 heavy (non-hydrogen) atoms. The number of benzene rings is 4. The Morgan fingerprint density at radius 2 is 1.67 bits per heavy atom. The number of fused-ring (bicyclic) bond motifs is 1. The van der Waals surface area contributed by atoms with Gasteiger partial charge in [0.2, 0.25) is 11.8 Å². The normalized spacial score (nSPS) is 21.3. The van der Waals surface area contributed by atoms with E-state index >= 15 is 0 Å². The number of carbonyl (C=O) groups is 3. The van der Waals surface area contributed by atoms with Gasteiger partial charge in [0.15, 0.2) is 5.75 Å². The molecule has 13 heteroatoms. The largest absolute Gasteiger partial charge is 0.496 e. The Kier molecular flexibility index (Phi) is 14.6. The van der Waals surface area contributed by atoms with E-state index in [0.29, 0.717) is 35.7 Å². The number of hydrogen-bond acceptors (Lipinski definition) is 9. The van der Waals surface area contributed by atoms with Crippen LogP contribution >= 0.6 is 11.6 Å². The SMILES string of the molecule is COc1cc(CNC(=O)[C@@H]2CN(C(=O)Oc3ccc4ccccc4c3Cl)CCN2C(=O)[C@@H](CCCCN)NC2CCC3(CC2)CCN(Cc2ccccc2)C3)ccc1CN. The predicted molar refractivity (Wildman–Crippen MR) is 236 cm³/mol. The van der Waals surface area contributed by atoms with Crippen LogP contribution in [0.3, 0.4) is 0 Å². The quantitative estimate of drug-likeness (QED) is 0.102. The topological polar surface area (TPSA) is 155 Å². The lowest BCUT2D eigenvalue weighted by molar-refractivity contribution is -0.145. The van der Waals surface area contributed by atoms with Crippen molar-refractivity contribution in [1.82, 2.24) is 25.3 Å². The molecule has 2 aliphatic heterocycles. The predicted octanol–water partition coefficient (Wildman–Crippen LogP) is 6.21. The molecule has 7 rings (SSSR count). The van der Waals surface area contributed by atoms with Gasteiger partial charge in [-0.3, -0.25) is 14.5 Å². The molecular weight excluding hydrogens is 778 g/mol. The minimum Gasteiger partial charge on any atom is -0.496 e. The molecule has 2 atom stereocenters. The number of piperazine rings is 1. The Labute approximate surface area is 358 Å². The van der Waals surface area contributed by atoms with Crippen LogP contribution in [0.25, 0.3) is 10.8 Å². The van der Waals surface area contributed by atoms with Crippen LogP contribution in [0.15, 0.2) is 84.9 Å². The van der Waals surface area contributed by atoms with E-state index in [1.807, 2.05) is 48.5 Å². The first kappa shape index (κ1) is 43.4. The number of rotatable bonds is 15. The molecule has 2 heterocycles. The number of nitrogens with zero attached hydrogens (tertiary/aromatic N) is 3. The minimum absolute atomic E-state index is 0.0437. The van der Waals surface area contributed by atoms with Gasteiger partial charge in [-0.1, -0.05) is 90.8 Å². The van der Waals surface area contributed by atoms with E-state index in [2.05, 4.69) is 45.9 Å². The maximum atomic E-state index is 14.8. The fourth-order valence-electron chi connectivity index (χ4n) is 9.33. The fraction of sp³-hybridized carbons (Fsp3) is 0.468. The molecule has 0 bridgehead atoms. The molecule has 320 valence electrons. The molecule has 0 unspecified atom stereocenters. The van der Waals surface area contributed by atoms with E-state index in [-0.39, 0.29) is 49.8 Å². The number of hydrogen-bond donors (Lipinski definition) is 4. The third-order valence-corrected chi connectivity index (χ3v) is 13.2. The molecule has 0 radical (unpaired) electrons. The first-order chi connectivity index (χ1) is 29.2. The Morgan fingerprint density at radius 1 is 0.883 bits per heavy atom. The maximum absolute atomic E-state index is 14.8. The zero-order valence-corrected chi connectivity index (χ0v) is 35.5. The summed E-state index contributed by atoms with van der Waals surface area (Å²) in [6, 6.07) is 26.2. The third-order valence-electron chi connectivity index (χ3n) is 12.8. The van der Waals surface area contributed by atoms with Crippen molar-refractivity contribution < 1.29 is 23.9 Å². The Morgan fingerprint density at radius 3 is 2.43 bits per heavy atom. The van der Waals surface area contributed by atoms with Gasteiger partial charge in [-0.25, -0.2) is 4.79 Å². The highest BCUT2D eigenvalue weighted by molar-refractivity contribution is 6.37. The fourth-order valence-corrected chi connectivity index (χ4v) is 9.60. The van der Waals surface area contributed by atoms with Crippen LogP contribution in [0.5, 0.6) is 11.5 Å². The number of methoxy groups -OCH3 is 1. The molecule has 3 fully saturated rings. The van der Waals surface area contributed by atoms with Crippen molar-refractivity contribution in [2.24, 2.45) is 16.9 Å². The van der Waals surface area contributed by atoms with Gasteiger partial charge in [0.1, 0.15) is 11.8 Å². The standard InChI is InChI=1S/C47H60ClN7O5/c1-59-42-27-34(14-15-36(42)28-50)29-51-44(56)40-31-54(46(58)60-41-17-16-35-11-5-6-12-38(35)43(41)48)25-26-55(40)45(57)39(13-7-8-23-49)52-37-18-20-47(21-19-37)22-24-53(32-47)30-33-9-3-2-4-10-33/h2-6,9-12,14-17,27,37,39-40,52H,7-8,13,18-26,28-32,49-50H2,1H3,(H,51,56)/t37?,39-,40+,47?/m1/s1. The monoisotopic (exact) mass is 837 g/mol. The molecule has 3 amide bonds. The highest BCUT2D eigenvalue weighted by Gasteiger charge is 2.43. The number of halogens is 1. The summed E-state index contributed by atoms with van der Waals surface area (Å²) in [5.41, 5.74) is 15.1. The Bertz CT molecular complexity index is 2100. The second-order valence-electron chi connectivity index (χ2n) is 16.8. The Balaban J connectivity index is 1.05. The van der Waals surface area contributed by atoms with Gasteiger partial charge in [-0.15, -0.1) is 0 Å². The number of nitrogens with one attached hydrogen (secondary N) is 2. The van der Waals surface area contributed by atoms with Crippen molar-refractivity contribution in [3.05, 3.63) is 107 Å². The number of ether oxygens (including phenoxy) is 2. The second-order valence-corrected chi connectivity index (χ2v) is 17.1. The lowest BCUT2D eigenvalue weighted by Gasteiger charge is -2.43. The molecule has 12 nitrogen and oxygen atoms in total. The van der Waals surface area contributed by atoms with E-state index in [0.717, 1.165) is 80.1 Å². The molecule has 1 saturated carbocycles. The van der Waals surface area contributed by atoms with E-state index in [1.165, 1.54) is 16.9 Å². The summed E-state index contributed by atoms with van der Waals surface area (Å²) in [6.45, 7) is 4.56. The van der Waals surface area contributed by atoms with Gasteiger partial charge in [-0.05, 0) is 92.1 Å². The van der Waals surface area contributed by atoms with Crippen LogP contribution in [-0.4, -0.2) is 97.1 Å². The summed E-state index contributed by atoms with van der Waals surface area (Å²) in [6.07, 6.45) is 6.96. The number of carbonyl (C=O) groups excluding carboxylic acids is 3. The number of likely N-dealkylation sites (tertiary alicyclic amines) is 1. The molecule has 3 aliphatic rings. The molecule has 6 N–H and O–H groups in total. The van der Waals surface area contributed by atoms with Crippen molar-refractivity contribution in [3.8, 4) is 11.5 Å². The molecule has 1 aliphatic carbocycles. The minimum atomic E-state index is -0.960. The van der Waals surface area contributed by atoms with Crippen molar-refractivity contribution in [1.29, 1.82) is 0 Å². The Hall–Kier alpha value is -4.72. The first-order valence-corrected chi connectivity index (χ1v) is 21.9. The van der Waals surface area contributed by atoms with Gasteiger partial charge in [0.25, 0.3) is 0 Å². The van der Waals surface area contributed by atoms with Gasteiger partial charge in [0, 0.05) is 56.3 Å². The van der Waals surface area contributed by atoms with Crippen molar-refractivity contribution in [3.63, 3.8) is 0 Å². The summed E-state index contributed by atoms with van der Waals surface area (Å²) in [5.74, 6) is 0.363. The molecule has 2 saturated heterocycles. The number of nitrogens with two attached hydrogens (primary N) is 2. The highest BCUT2D eigenvalue weighted by Crippen LogP contribution is 2.44. The molecule has 1 spiro atoms. The van der Waals surface area contributed by atoms with Crippen LogP contribution < -0.4 is 31.6 Å². The van der Waals surface area contributed by atoms with Crippen molar-refractivity contribution in [2.45, 2.75) is 89.1 Å². The maximum Gasteiger partial charge on any atom is 0.415 e. The number of amides is 3. The van der Waals surface area contributed by atoms with Gasteiger partial charge in [-0.2, -0.15) is 0 Å². The van der Waals surface area contributed by atoms with Crippen LogP contribution in [0.4, 0.5) is 4.79 Å². The van der Waals surface area contributed by atoms with E-state index in [4.69, 9.17) is 32.5 Å². The summed E-state index contributed by atoms with van der Waals surface area (Å²) >= 11 is 6.70. The summed E-state index contributed by atoms with van der Waals surface area (Å²) in [4.78, 5) is 48.5. The molecule has 0 aromatic heterocycles. The van der Waals surface area contributed by atoms with Gasteiger partial charge in [0.05, 0.1) is 24.7 Å². The van der Waals surface area contributed by atoms with Crippen LogP contribution in [0, 0.1) is 5.41 Å². The average Bonchev–Trinajstić information content (AvgIpc) is 3.67. The van der Waals surface area contributed by atoms with Crippen LogP contribution in [-0.2, 0) is 29.2 Å². The van der Waals surface area contributed by atoms with Gasteiger partial charge < -0.3 is 41.4 Å². The molecular formula is C47H60ClN7O5. The highest BCUT2D eigenvalue weighted by atomic mass is 35.5. The van der Waals surface area contributed by atoms with Crippen LogP contribution in [0.2, 0.25) is 5.02 Å². The lowest BCUT2D eigenvalue weighted by Crippen LogP contribution is -2.64. The summed E-state index contributed by atoms with van der Waals surface area (Å²) in [5, 5.41) is 8.84. The van der Waals surface area contributed by atoms with E-state index < -0.39 is 18.2 Å². The third kappa shape index (κ3) is 10.4. The smallest absolute Gasteiger partial charge is 0.415 e. The lowest BCUT2D eigenvalue weighted by atomic mass is 9.72. The first-order valence-electron chi connectivity index (χ1n) is 21.5. The average molecular weight is 838 g/mol. The molecule has 4 aromatic carbocycles. The summed E-state index contributed by atoms with van der Waals surface area (Å²) in [7, 11) is 1.58. The van der Waals surface area contributed by atoms with Gasteiger partial charge >= 0.3 is 6.09 Å². The second kappa shape index (κ2) is 20.2. The zero-order chi connectivity index (χ0) is 42.1. The zero-order valence-electron chi connectivity index (χ0n) is 34.8. The van der Waals surface area contributed by atoms with Crippen molar-refractivity contribution in [2.75, 3.05) is 46.4 Å². The van der Waals surface area contributed by atoms with Crippen molar-refractivity contribution >= 4 is 40.3 Å². The van der Waals surface area contributed by atoms with E-state index in [1.54, 1.807) is 18.1 Å².